The smallest absolute Gasteiger partial charge is 0.262 e. The van der Waals surface area contributed by atoms with Gasteiger partial charge in [0.15, 0.2) is 5.78 Å². The van der Waals surface area contributed by atoms with E-state index in [9.17, 15) is 13.2 Å². The lowest BCUT2D eigenvalue weighted by molar-refractivity contribution is 0.105. The molecule has 1 N–H and O–H groups in total. The van der Waals surface area contributed by atoms with Crippen molar-refractivity contribution in [1.29, 1.82) is 0 Å². The monoisotopic (exact) mass is 506 g/mol. The van der Waals surface area contributed by atoms with E-state index in [-0.39, 0.29) is 21.8 Å². The molecular formula is C27H26N2O6S. The minimum Gasteiger partial charge on any atom is -0.496 e. The van der Waals surface area contributed by atoms with Crippen molar-refractivity contribution in [3.05, 3.63) is 84.4 Å². The van der Waals surface area contributed by atoms with Crippen molar-refractivity contribution in [2.45, 2.75) is 4.90 Å². The van der Waals surface area contributed by atoms with Gasteiger partial charge in [-0.3, -0.25) is 9.63 Å². The van der Waals surface area contributed by atoms with Gasteiger partial charge in [-0.25, -0.2) is 8.42 Å². The van der Waals surface area contributed by atoms with Crippen molar-refractivity contribution in [2.24, 2.45) is 7.05 Å². The maximum absolute atomic E-state index is 13.3. The van der Waals surface area contributed by atoms with Gasteiger partial charge in [0.05, 0.1) is 31.9 Å². The van der Waals surface area contributed by atoms with Crippen molar-refractivity contribution in [3.8, 4) is 22.8 Å². The number of ether oxygens (including phenoxy) is 2. The summed E-state index contributed by atoms with van der Waals surface area (Å²) < 4.78 is 37.5. The Bertz CT molecular complexity index is 1570. The number of carbonyl (C=O) groups is 1. The van der Waals surface area contributed by atoms with Crippen LogP contribution in [0.2, 0.25) is 0 Å². The lowest BCUT2D eigenvalue weighted by atomic mass is 9.94. The average Bonchev–Trinajstić information content (AvgIpc) is 3.23. The number of nitrogens with one attached hydrogen (secondary N) is 1. The first kappa shape index (κ1) is 25.2. The molecule has 0 fully saturated rings. The van der Waals surface area contributed by atoms with Crippen molar-refractivity contribution >= 4 is 32.3 Å². The molecule has 0 saturated carbocycles. The molecule has 8 nitrogen and oxygen atoms in total. The highest BCUT2D eigenvalue weighted by atomic mass is 32.2. The standard InChI is InChI=1S/C27H26N2O6S/c1-17(27(30)18-10-12-20(13-11-18)36(31,32)28-35-5)21-15-22(26(34-4)16-25(21)33-3)24-14-19-8-6-7-9-23(19)29(24)2/h6-16,28H,1H2,2-5H3. The minimum absolute atomic E-state index is 0.0356. The van der Waals surface area contributed by atoms with Gasteiger partial charge in [0.1, 0.15) is 11.5 Å². The second kappa shape index (κ2) is 9.98. The highest BCUT2D eigenvalue weighted by molar-refractivity contribution is 7.89. The van der Waals surface area contributed by atoms with Gasteiger partial charge in [-0.05, 0) is 42.5 Å². The third-order valence-corrected chi connectivity index (χ3v) is 7.25. The van der Waals surface area contributed by atoms with Crippen LogP contribution in [0.25, 0.3) is 27.7 Å². The maximum atomic E-state index is 13.3. The molecule has 9 heteroatoms. The SMILES string of the molecule is C=C(C(=O)c1ccc(S(=O)(=O)NOC)cc1)c1cc(-c2cc3ccccc3n2C)c(OC)cc1OC. The van der Waals surface area contributed by atoms with Gasteiger partial charge in [-0.2, -0.15) is 0 Å². The van der Waals surface area contributed by atoms with Gasteiger partial charge in [0.2, 0.25) is 0 Å². The largest absolute Gasteiger partial charge is 0.496 e. The Kier molecular flexibility index (Phi) is 6.98. The lowest BCUT2D eigenvalue weighted by Gasteiger charge is -2.17. The number of fused-ring (bicyclic) bond motifs is 1. The quantitative estimate of drug-likeness (QED) is 0.203. The van der Waals surface area contributed by atoms with E-state index in [2.05, 4.69) is 22.0 Å². The van der Waals surface area contributed by atoms with Crippen LogP contribution >= 0.6 is 0 Å². The number of benzene rings is 3. The average molecular weight is 507 g/mol. The molecule has 4 aromatic rings. The first-order valence-electron chi connectivity index (χ1n) is 10.9. The fourth-order valence-corrected chi connectivity index (χ4v) is 4.93. The second-order valence-electron chi connectivity index (χ2n) is 8.02. The van der Waals surface area contributed by atoms with Crippen LogP contribution < -0.4 is 14.4 Å². The summed E-state index contributed by atoms with van der Waals surface area (Å²) in [6, 6.07) is 19.1. The first-order valence-corrected chi connectivity index (χ1v) is 12.4. The zero-order chi connectivity index (χ0) is 26.0. The van der Waals surface area contributed by atoms with Gasteiger partial charge < -0.3 is 14.0 Å². The Hall–Kier alpha value is -3.92. The van der Waals surface area contributed by atoms with Crippen LogP contribution in [0, 0.1) is 0 Å². The number of aromatic nitrogens is 1. The molecule has 1 heterocycles. The third-order valence-electron chi connectivity index (χ3n) is 5.97. The Morgan fingerprint density at radius 1 is 0.917 bits per heavy atom. The highest BCUT2D eigenvalue weighted by Gasteiger charge is 2.22. The van der Waals surface area contributed by atoms with Crippen molar-refractivity contribution in [2.75, 3.05) is 21.3 Å². The predicted octanol–water partition coefficient (Wildman–Crippen LogP) is 4.60. The number of ketones is 1. The van der Waals surface area contributed by atoms with E-state index in [1.807, 2.05) is 42.3 Å². The number of rotatable bonds is 9. The molecule has 0 saturated heterocycles. The maximum Gasteiger partial charge on any atom is 0.262 e. The van der Waals surface area contributed by atoms with Gasteiger partial charge in [0.25, 0.3) is 10.0 Å². The number of allylic oxidation sites excluding steroid dienone is 1. The molecule has 36 heavy (non-hydrogen) atoms. The minimum atomic E-state index is -3.84. The molecule has 0 atom stereocenters. The number of Topliss-reactive ketones (excluding diaryl/α,β-unsaturated/α-hetero) is 1. The van der Waals surface area contributed by atoms with E-state index in [0.717, 1.165) is 22.2 Å². The molecule has 0 aliphatic carbocycles. The van der Waals surface area contributed by atoms with Gasteiger partial charge in [0, 0.05) is 46.3 Å². The van der Waals surface area contributed by atoms with E-state index >= 15 is 0 Å². The number of sulfonamides is 1. The molecule has 0 unspecified atom stereocenters. The second-order valence-corrected chi connectivity index (χ2v) is 9.67. The number of para-hydroxylation sites is 1. The van der Waals surface area contributed by atoms with E-state index in [1.54, 1.807) is 13.2 Å². The van der Waals surface area contributed by atoms with Crippen LogP contribution in [0.5, 0.6) is 11.5 Å². The number of hydrogen-bond acceptors (Lipinski definition) is 6. The van der Waals surface area contributed by atoms with E-state index in [0.29, 0.717) is 17.1 Å². The van der Waals surface area contributed by atoms with E-state index in [4.69, 9.17) is 9.47 Å². The fourth-order valence-electron chi connectivity index (χ4n) is 4.12. The van der Waals surface area contributed by atoms with E-state index < -0.39 is 10.0 Å². The summed E-state index contributed by atoms with van der Waals surface area (Å²) in [6.45, 7) is 4.04. The number of hydrogen-bond donors (Lipinski definition) is 1. The topological polar surface area (TPSA) is 95.9 Å². The molecule has 1 aromatic heterocycles. The summed E-state index contributed by atoms with van der Waals surface area (Å²) in [5.74, 6) is 0.642. The number of nitrogens with zero attached hydrogens (tertiary/aromatic N) is 1. The van der Waals surface area contributed by atoms with Crippen LogP contribution in [0.1, 0.15) is 15.9 Å². The van der Waals surface area contributed by atoms with Crippen LogP contribution in [-0.4, -0.2) is 40.1 Å². The molecule has 0 aliphatic rings. The zero-order valence-corrected chi connectivity index (χ0v) is 21.2. The van der Waals surface area contributed by atoms with Crippen LogP contribution in [0.15, 0.2) is 78.2 Å². The summed E-state index contributed by atoms with van der Waals surface area (Å²) in [7, 11) is 2.42. The van der Waals surface area contributed by atoms with Crippen molar-refractivity contribution < 1.29 is 27.5 Å². The van der Waals surface area contributed by atoms with Crippen LogP contribution in [0.4, 0.5) is 0 Å². The molecule has 0 aliphatic heterocycles. The Balaban J connectivity index is 1.77. The van der Waals surface area contributed by atoms with Gasteiger partial charge in [-0.1, -0.05) is 29.7 Å². The molecule has 0 amide bonds. The number of carbonyl (C=O) groups excluding carboxylic acids is 1. The molecular weight excluding hydrogens is 480 g/mol. The van der Waals surface area contributed by atoms with Crippen LogP contribution in [-0.2, 0) is 21.9 Å². The number of methoxy groups -OCH3 is 2. The Morgan fingerprint density at radius 3 is 2.19 bits per heavy atom. The molecule has 0 bridgehead atoms. The third kappa shape index (κ3) is 4.51. The molecule has 186 valence electrons. The van der Waals surface area contributed by atoms with E-state index in [1.165, 1.54) is 38.5 Å². The first-order chi connectivity index (χ1) is 17.2. The summed E-state index contributed by atoms with van der Waals surface area (Å²) in [5, 5.41) is 1.07. The molecule has 4 rings (SSSR count). The number of aryl methyl sites for hydroxylation is 1. The summed E-state index contributed by atoms with van der Waals surface area (Å²) in [6.07, 6.45) is 0. The predicted molar refractivity (Wildman–Crippen MR) is 139 cm³/mol. The fraction of sp³-hybridized carbons (Fsp3) is 0.148. The van der Waals surface area contributed by atoms with Gasteiger partial charge in [-0.15, -0.1) is 0 Å². The van der Waals surface area contributed by atoms with Gasteiger partial charge >= 0.3 is 0 Å². The molecule has 0 radical (unpaired) electrons. The summed E-state index contributed by atoms with van der Waals surface area (Å²) >= 11 is 0. The van der Waals surface area contributed by atoms with Crippen molar-refractivity contribution in [1.82, 2.24) is 9.45 Å². The normalized spacial score (nSPS) is 11.4. The lowest BCUT2D eigenvalue weighted by Crippen LogP contribution is -2.22. The van der Waals surface area contributed by atoms with Crippen LogP contribution in [0.3, 0.4) is 0 Å². The summed E-state index contributed by atoms with van der Waals surface area (Å²) in [5.41, 5.74) is 3.70. The highest BCUT2D eigenvalue weighted by Crippen LogP contribution is 2.40. The molecule has 3 aromatic carbocycles. The zero-order valence-electron chi connectivity index (χ0n) is 20.4. The summed E-state index contributed by atoms with van der Waals surface area (Å²) in [4.78, 5) is 19.7. The Morgan fingerprint density at radius 2 is 1.58 bits per heavy atom. The van der Waals surface area contributed by atoms with Crippen molar-refractivity contribution in [3.63, 3.8) is 0 Å². The molecule has 0 spiro atoms. The Labute approximate surface area is 209 Å².